The molecule has 0 saturated heterocycles. The molecule has 22 heavy (non-hydrogen) atoms. The summed E-state index contributed by atoms with van der Waals surface area (Å²) in [7, 11) is 0. The Morgan fingerprint density at radius 3 is 2.55 bits per heavy atom. The molecule has 0 amide bonds. The first-order chi connectivity index (χ1) is 10.6. The molecular weight excluding hydrogens is 276 g/mol. The van der Waals surface area contributed by atoms with Crippen molar-refractivity contribution < 1.29 is 14.3 Å². The van der Waals surface area contributed by atoms with E-state index in [9.17, 15) is 4.79 Å². The van der Waals surface area contributed by atoms with E-state index in [0.29, 0.717) is 12.4 Å². The van der Waals surface area contributed by atoms with Gasteiger partial charge in [0.1, 0.15) is 5.75 Å². The van der Waals surface area contributed by atoms with Gasteiger partial charge in [0.15, 0.2) is 0 Å². The number of carbonyl (C=O) groups excluding carboxylic acids is 1. The summed E-state index contributed by atoms with van der Waals surface area (Å²) < 4.78 is 11.2. The summed E-state index contributed by atoms with van der Waals surface area (Å²) in [6.45, 7) is 3.89. The molecule has 0 aliphatic carbocycles. The van der Waals surface area contributed by atoms with Crippen molar-refractivity contribution in [2.24, 2.45) is 0 Å². The monoisotopic (exact) mass is 294 g/mol. The zero-order chi connectivity index (χ0) is 15.6. The Morgan fingerprint density at radius 2 is 1.82 bits per heavy atom. The average molecular weight is 294 g/mol. The molecule has 1 aliphatic rings. The van der Waals surface area contributed by atoms with Crippen LogP contribution in [0.2, 0.25) is 0 Å². The number of fused-ring (bicyclic) bond motifs is 1. The molecule has 0 aromatic heterocycles. The SMILES string of the molecule is CCOC(=O)[C@@]1(C)Oc2ccccc2/C1=C/c1ccccc1. The van der Waals surface area contributed by atoms with E-state index in [-0.39, 0.29) is 5.97 Å². The number of rotatable bonds is 3. The first kappa shape index (κ1) is 14.4. The average Bonchev–Trinajstić information content (AvgIpc) is 2.82. The fourth-order valence-corrected chi connectivity index (χ4v) is 2.66. The summed E-state index contributed by atoms with van der Waals surface area (Å²) in [4.78, 5) is 12.4. The molecule has 0 fully saturated rings. The van der Waals surface area contributed by atoms with E-state index >= 15 is 0 Å². The molecule has 0 bridgehead atoms. The second kappa shape index (κ2) is 5.68. The smallest absolute Gasteiger partial charge is 0.354 e. The second-order valence-electron chi connectivity index (χ2n) is 5.32. The molecule has 0 N–H and O–H groups in total. The Kier molecular flexibility index (Phi) is 3.72. The molecule has 0 saturated carbocycles. The van der Waals surface area contributed by atoms with Crippen molar-refractivity contribution >= 4 is 17.6 Å². The molecule has 0 radical (unpaired) electrons. The summed E-state index contributed by atoms with van der Waals surface area (Å²) in [5.74, 6) is 0.341. The molecule has 3 rings (SSSR count). The zero-order valence-corrected chi connectivity index (χ0v) is 12.7. The summed E-state index contributed by atoms with van der Waals surface area (Å²) in [6.07, 6.45) is 1.99. The highest BCUT2D eigenvalue weighted by Gasteiger charge is 2.47. The van der Waals surface area contributed by atoms with Gasteiger partial charge in [0, 0.05) is 11.1 Å². The maximum Gasteiger partial charge on any atom is 0.354 e. The van der Waals surface area contributed by atoms with Crippen molar-refractivity contribution in [3.63, 3.8) is 0 Å². The van der Waals surface area contributed by atoms with Crippen LogP contribution in [0.1, 0.15) is 25.0 Å². The molecular formula is C19H18O3. The lowest BCUT2D eigenvalue weighted by Gasteiger charge is -2.23. The predicted molar refractivity (Wildman–Crippen MR) is 86.4 cm³/mol. The summed E-state index contributed by atoms with van der Waals surface area (Å²) >= 11 is 0. The van der Waals surface area contributed by atoms with E-state index < -0.39 is 5.60 Å². The third kappa shape index (κ3) is 2.39. The number of para-hydroxylation sites is 1. The van der Waals surface area contributed by atoms with Gasteiger partial charge >= 0.3 is 5.97 Å². The Bertz CT molecular complexity index is 718. The third-order valence-corrected chi connectivity index (χ3v) is 3.78. The van der Waals surface area contributed by atoms with Gasteiger partial charge in [-0.25, -0.2) is 4.79 Å². The topological polar surface area (TPSA) is 35.5 Å². The summed E-state index contributed by atoms with van der Waals surface area (Å²) in [6, 6.07) is 17.6. The van der Waals surface area contributed by atoms with Gasteiger partial charge in [-0.3, -0.25) is 0 Å². The Hall–Kier alpha value is -2.55. The van der Waals surface area contributed by atoms with E-state index in [1.807, 2.05) is 60.7 Å². The number of benzene rings is 2. The van der Waals surface area contributed by atoms with Gasteiger partial charge in [0.05, 0.1) is 6.61 Å². The van der Waals surface area contributed by atoms with Crippen LogP contribution in [0.15, 0.2) is 54.6 Å². The Morgan fingerprint density at radius 1 is 1.14 bits per heavy atom. The lowest BCUT2D eigenvalue weighted by atomic mass is 9.90. The van der Waals surface area contributed by atoms with Crippen molar-refractivity contribution in [3.05, 3.63) is 65.7 Å². The van der Waals surface area contributed by atoms with Gasteiger partial charge in [-0.1, -0.05) is 48.5 Å². The van der Waals surface area contributed by atoms with Gasteiger partial charge in [0.25, 0.3) is 0 Å². The number of hydrogen-bond acceptors (Lipinski definition) is 3. The van der Waals surface area contributed by atoms with Crippen LogP contribution in [-0.2, 0) is 9.53 Å². The number of carbonyl (C=O) groups is 1. The first-order valence-electron chi connectivity index (χ1n) is 7.38. The largest absolute Gasteiger partial charge is 0.470 e. The van der Waals surface area contributed by atoms with Gasteiger partial charge in [-0.15, -0.1) is 0 Å². The fourth-order valence-electron chi connectivity index (χ4n) is 2.66. The number of ether oxygens (including phenoxy) is 2. The van der Waals surface area contributed by atoms with Crippen molar-refractivity contribution in [1.82, 2.24) is 0 Å². The van der Waals surface area contributed by atoms with Gasteiger partial charge < -0.3 is 9.47 Å². The van der Waals surface area contributed by atoms with Crippen LogP contribution in [0.25, 0.3) is 11.6 Å². The van der Waals surface area contributed by atoms with Crippen LogP contribution >= 0.6 is 0 Å². The summed E-state index contributed by atoms with van der Waals surface area (Å²) in [5, 5.41) is 0. The molecule has 1 atom stereocenters. The van der Waals surface area contributed by atoms with Gasteiger partial charge in [-0.2, -0.15) is 0 Å². The lowest BCUT2D eigenvalue weighted by Crippen LogP contribution is -2.40. The molecule has 2 aromatic rings. The highest BCUT2D eigenvalue weighted by atomic mass is 16.6. The maximum atomic E-state index is 12.4. The van der Waals surface area contributed by atoms with Crippen molar-refractivity contribution in [2.75, 3.05) is 6.61 Å². The lowest BCUT2D eigenvalue weighted by molar-refractivity contribution is -0.154. The molecule has 1 aliphatic heterocycles. The van der Waals surface area contributed by atoms with Crippen LogP contribution in [0.3, 0.4) is 0 Å². The highest BCUT2D eigenvalue weighted by molar-refractivity contribution is 6.04. The minimum Gasteiger partial charge on any atom is -0.470 e. The van der Waals surface area contributed by atoms with E-state index in [4.69, 9.17) is 9.47 Å². The number of esters is 1. The van der Waals surface area contributed by atoms with Crippen LogP contribution < -0.4 is 4.74 Å². The Balaban J connectivity index is 2.12. The predicted octanol–water partition coefficient (Wildman–Crippen LogP) is 3.94. The third-order valence-electron chi connectivity index (χ3n) is 3.78. The molecule has 2 aromatic carbocycles. The van der Waals surface area contributed by atoms with E-state index in [1.165, 1.54) is 0 Å². The Labute approximate surface area is 130 Å². The second-order valence-corrected chi connectivity index (χ2v) is 5.32. The molecule has 3 heteroatoms. The van der Waals surface area contributed by atoms with Gasteiger partial charge in [0.2, 0.25) is 5.60 Å². The first-order valence-corrected chi connectivity index (χ1v) is 7.38. The molecule has 112 valence electrons. The zero-order valence-electron chi connectivity index (χ0n) is 12.7. The molecule has 0 spiro atoms. The quantitative estimate of drug-likeness (QED) is 0.804. The molecule has 0 unspecified atom stereocenters. The van der Waals surface area contributed by atoms with Crippen LogP contribution in [0, 0.1) is 0 Å². The van der Waals surface area contributed by atoms with E-state index in [2.05, 4.69) is 0 Å². The van der Waals surface area contributed by atoms with Crippen LogP contribution in [0.4, 0.5) is 0 Å². The minimum atomic E-state index is -1.12. The van der Waals surface area contributed by atoms with Crippen LogP contribution in [0.5, 0.6) is 5.75 Å². The summed E-state index contributed by atoms with van der Waals surface area (Å²) in [5.41, 5.74) is 1.67. The van der Waals surface area contributed by atoms with Crippen LogP contribution in [-0.4, -0.2) is 18.2 Å². The van der Waals surface area contributed by atoms with E-state index in [1.54, 1.807) is 13.8 Å². The normalized spacial score (nSPS) is 21.3. The van der Waals surface area contributed by atoms with Crippen molar-refractivity contribution in [1.29, 1.82) is 0 Å². The number of hydrogen-bond donors (Lipinski definition) is 0. The highest BCUT2D eigenvalue weighted by Crippen LogP contribution is 2.45. The van der Waals surface area contributed by atoms with Crippen molar-refractivity contribution in [2.45, 2.75) is 19.4 Å². The van der Waals surface area contributed by atoms with Crippen molar-refractivity contribution in [3.8, 4) is 5.75 Å². The molecule has 3 nitrogen and oxygen atoms in total. The minimum absolute atomic E-state index is 0.326. The fraction of sp³-hybridized carbons (Fsp3) is 0.211. The van der Waals surface area contributed by atoms with E-state index in [0.717, 1.165) is 16.7 Å². The molecule has 1 heterocycles. The standard InChI is InChI=1S/C19H18O3/c1-3-21-18(20)19(2)16(13-14-9-5-4-6-10-14)15-11-7-8-12-17(15)22-19/h4-13H,3H2,1-2H3/b16-13-/t19-/m0/s1. The van der Waals surface area contributed by atoms with Gasteiger partial charge in [-0.05, 0) is 31.6 Å². The maximum absolute atomic E-state index is 12.4.